The summed E-state index contributed by atoms with van der Waals surface area (Å²) >= 11 is 0. The first-order chi connectivity index (χ1) is 11.1. The third-order valence-electron chi connectivity index (χ3n) is 4.12. The molecule has 11 heteroatoms. The van der Waals surface area contributed by atoms with Crippen molar-refractivity contribution in [3.63, 3.8) is 0 Å². The van der Waals surface area contributed by atoms with Crippen LogP contribution in [-0.2, 0) is 4.74 Å². The minimum Gasteiger partial charge on any atom is -0.391 e. The molecule has 0 bridgehead atoms. The first-order valence-corrected chi connectivity index (χ1v) is 7.03. The predicted octanol–water partition coefficient (Wildman–Crippen LogP) is -0.726. The van der Waals surface area contributed by atoms with Gasteiger partial charge in [0, 0.05) is 5.92 Å². The van der Waals surface area contributed by atoms with E-state index in [2.05, 4.69) is 25.0 Å². The summed E-state index contributed by atoms with van der Waals surface area (Å²) in [6, 6.07) is 0. The van der Waals surface area contributed by atoms with Crippen molar-refractivity contribution in [3.05, 3.63) is 23.0 Å². The van der Waals surface area contributed by atoms with Gasteiger partial charge in [-0.05, 0) is 6.42 Å². The summed E-state index contributed by atoms with van der Waals surface area (Å²) in [5.74, 6) is -0.453. The second-order valence-electron chi connectivity index (χ2n) is 5.28. The molecule has 0 aliphatic carbocycles. The van der Waals surface area contributed by atoms with Gasteiger partial charge in [-0.25, -0.2) is 9.97 Å². The number of ether oxygens (including phenoxy) is 1. The summed E-state index contributed by atoms with van der Waals surface area (Å²) in [5.41, 5.74) is 5.22. The number of nitrogens with one attached hydrogen (secondary N) is 2. The number of nitrogens with zero attached hydrogens (tertiary/aromatic N) is 5. The minimum absolute atomic E-state index is 0.143. The van der Waals surface area contributed by atoms with Gasteiger partial charge in [0.1, 0.15) is 24.5 Å². The highest BCUT2D eigenvalue weighted by molar-refractivity contribution is 5.68. The van der Waals surface area contributed by atoms with E-state index in [9.17, 15) is 15.0 Å². The SMILES string of the molecule is CC[C@@H]1[C@H](n2cnc3c(=O)[nH]cnc32)O[C@@](CO)(N=[N+]=N)[C@H]1O. The molecule has 0 spiro atoms. The molecule has 1 fully saturated rings. The maximum absolute atomic E-state index is 11.7. The molecule has 2 aromatic rings. The van der Waals surface area contributed by atoms with E-state index in [0.717, 1.165) is 0 Å². The van der Waals surface area contributed by atoms with Crippen molar-refractivity contribution in [2.75, 3.05) is 6.61 Å². The molecule has 1 aliphatic rings. The number of H-pyrrole nitrogens is 1. The average Bonchev–Trinajstić information content (AvgIpc) is 3.09. The Labute approximate surface area is 129 Å². The van der Waals surface area contributed by atoms with Gasteiger partial charge in [-0.2, -0.15) is 0 Å². The second kappa shape index (κ2) is 5.63. The lowest BCUT2D eigenvalue weighted by atomic mass is 9.94. The zero-order chi connectivity index (χ0) is 16.6. The van der Waals surface area contributed by atoms with Gasteiger partial charge in [0.2, 0.25) is 4.91 Å². The smallest absolute Gasteiger partial charge is 0.293 e. The first-order valence-electron chi connectivity index (χ1n) is 7.03. The third kappa shape index (κ3) is 2.18. The molecule has 4 atom stereocenters. The largest absolute Gasteiger partial charge is 0.391 e. The summed E-state index contributed by atoms with van der Waals surface area (Å²) < 4.78 is 7.25. The fraction of sp³-hybridized carbons (Fsp3) is 0.583. The summed E-state index contributed by atoms with van der Waals surface area (Å²) in [6.07, 6.45) is 1.21. The number of aromatic nitrogens is 4. The Bertz CT molecular complexity index is 826. The highest BCUT2D eigenvalue weighted by Crippen LogP contribution is 2.44. The standard InChI is InChI=1S/C12H15N7O4/c1-2-6-8(21)12(3-20,17-18-13)23-11(6)19-5-16-7-9(19)14-4-15-10(7)22/h4-6,8,11,13,20-21H,2-3H2,1H3/p+1/t6-,8-,11+,12+/m0/s1. The van der Waals surface area contributed by atoms with Crippen molar-refractivity contribution >= 4 is 11.2 Å². The lowest BCUT2D eigenvalue weighted by Gasteiger charge is -2.19. The van der Waals surface area contributed by atoms with Crippen molar-refractivity contribution in [1.29, 1.82) is 5.53 Å². The lowest BCUT2D eigenvalue weighted by molar-refractivity contribution is -0.126. The zero-order valence-corrected chi connectivity index (χ0v) is 12.2. The van der Waals surface area contributed by atoms with Gasteiger partial charge in [0.15, 0.2) is 16.3 Å². The number of rotatable bonds is 4. The van der Waals surface area contributed by atoms with Crippen molar-refractivity contribution < 1.29 is 14.9 Å². The molecule has 4 N–H and O–H groups in total. The Balaban J connectivity index is 2.12. The lowest BCUT2D eigenvalue weighted by Crippen LogP contribution is -2.43. The van der Waals surface area contributed by atoms with E-state index in [1.54, 1.807) is 0 Å². The Morgan fingerprint density at radius 3 is 3.04 bits per heavy atom. The van der Waals surface area contributed by atoms with E-state index in [4.69, 9.17) is 10.3 Å². The van der Waals surface area contributed by atoms with Crippen LogP contribution in [-0.4, -0.2) is 48.2 Å². The zero-order valence-electron chi connectivity index (χ0n) is 12.2. The number of aromatic amines is 1. The summed E-state index contributed by atoms with van der Waals surface area (Å²) in [4.78, 5) is 25.2. The second-order valence-corrected chi connectivity index (χ2v) is 5.28. The molecular weight excluding hydrogens is 306 g/mol. The van der Waals surface area contributed by atoms with Gasteiger partial charge in [-0.15, -0.1) is 0 Å². The van der Waals surface area contributed by atoms with E-state index < -0.39 is 30.6 Å². The molecule has 1 saturated heterocycles. The van der Waals surface area contributed by atoms with E-state index in [-0.39, 0.29) is 11.1 Å². The normalized spacial score (nSPS) is 30.5. The Kier molecular flexibility index (Phi) is 3.78. The van der Waals surface area contributed by atoms with E-state index >= 15 is 0 Å². The molecule has 2 aromatic heterocycles. The van der Waals surface area contributed by atoms with Crippen LogP contribution in [0.15, 0.2) is 22.6 Å². The quantitative estimate of drug-likeness (QED) is 0.428. The van der Waals surface area contributed by atoms with Crippen LogP contribution < -0.4 is 10.5 Å². The Hall–Kier alpha value is -2.46. The number of aliphatic hydroxyl groups is 2. The molecule has 1 aliphatic heterocycles. The van der Waals surface area contributed by atoms with Gasteiger partial charge in [-0.1, -0.05) is 6.92 Å². The molecule has 0 radical (unpaired) electrons. The van der Waals surface area contributed by atoms with Crippen molar-refractivity contribution in [2.24, 2.45) is 11.0 Å². The molecule has 0 amide bonds. The summed E-state index contributed by atoms with van der Waals surface area (Å²) in [6.45, 7) is 1.21. The molecule has 11 nitrogen and oxygen atoms in total. The van der Waals surface area contributed by atoms with Crippen LogP contribution in [0.2, 0.25) is 0 Å². The predicted molar refractivity (Wildman–Crippen MR) is 75.2 cm³/mol. The molecule has 0 aromatic carbocycles. The van der Waals surface area contributed by atoms with Crippen LogP contribution in [0, 0.1) is 11.4 Å². The molecule has 23 heavy (non-hydrogen) atoms. The highest BCUT2D eigenvalue weighted by Gasteiger charge is 2.58. The number of hydrogen-bond acceptors (Lipinski definition) is 8. The van der Waals surface area contributed by atoms with Crippen LogP contribution in [0.25, 0.3) is 11.2 Å². The van der Waals surface area contributed by atoms with Gasteiger partial charge in [-0.3, -0.25) is 9.36 Å². The first kappa shape index (κ1) is 15.4. The van der Waals surface area contributed by atoms with Gasteiger partial charge in [0.05, 0.1) is 12.7 Å². The van der Waals surface area contributed by atoms with E-state index in [1.165, 1.54) is 17.2 Å². The molecule has 3 rings (SSSR count). The summed E-state index contributed by atoms with van der Waals surface area (Å²) in [5, 5.41) is 23.6. The molecule has 0 saturated carbocycles. The summed E-state index contributed by atoms with van der Waals surface area (Å²) in [7, 11) is 0. The molecule has 0 unspecified atom stereocenters. The molecule has 122 valence electrons. The van der Waals surface area contributed by atoms with Crippen LogP contribution in [0.5, 0.6) is 0 Å². The minimum atomic E-state index is -1.72. The molecular formula is C12H16N7O4+. The number of imidazole rings is 1. The topological polar surface area (TPSA) is 164 Å². The van der Waals surface area contributed by atoms with E-state index in [1.807, 2.05) is 6.92 Å². The van der Waals surface area contributed by atoms with Crippen LogP contribution in [0.4, 0.5) is 0 Å². The third-order valence-corrected chi connectivity index (χ3v) is 4.12. The Morgan fingerprint density at radius 2 is 2.39 bits per heavy atom. The average molecular weight is 322 g/mol. The monoisotopic (exact) mass is 322 g/mol. The van der Waals surface area contributed by atoms with Crippen LogP contribution >= 0.6 is 0 Å². The Morgan fingerprint density at radius 1 is 1.61 bits per heavy atom. The highest BCUT2D eigenvalue weighted by atomic mass is 16.6. The number of aliphatic hydroxyl groups excluding tert-OH is 2. The molecule has 3 heterocycles. The fourth-order valence-electron chi connectivity index (χ4n) is 2.92. The maximum atomic E-state index is 11.7. The van der Waals surface area contributed by atoms with Crippen molar-refractivity contribution in [2.45, 2.75) is 31.4 Å². The van der Waals surface area contributed by atoms with Gasteiger partial charge < -0.3 is 19.9 Å². The fourth-order valence-corrected chi connectivity index (χ4v) is 2.92. The van der Waals surface area contributed by atoms with Gasteiger partial charge in [0.25, 0.3) is 11.3 Å². The van der Waals surface area contributed by atoms with Crippen molar-refractivity contribution in [1.82, 2.24) is 24.4 Å². The van der Waals surface area contributed by atoms with Crippen molar-refractivity contribution in [3.8, 4) is 0 Å². The van der Waals surface area contributed by atoms with Gasteiger partial charge >= 0.3 is 0 Å². The van der Waals surface area contributed by atoms with E-state index in [0.29, 0.717) is 12.1 Å². The van der Waals surface area contributed by atoms with Crippen LogP contribution in [0.3, 0.4) is 0 Å². The van der Waals surface area contributed by atoms with Crippen LogP contribution in [0.1, 0.15) is 19.6 Å². The number of hydrogen-bond donors (Lipinski definition) is 4. The maximum Gasteiger partial charge on any atom is 0.293 e. The number of fused-ring (bicyclic) bond motifs is 1.